The summed E-state index contributed by atoms with van der Waals surface area (Å²) in [5.41, 5.74) is 0.321. The summed E-state index contributed by atoms with van der Waals surface area (Å²) in [5, 5.41) is 9.62. The highest BCUT2D eigenvalue weighted by molar-refractivity contribution is 6.35. The van der Waals surface area contributed by atoms with Gasteiger partial charge in [0.15, 0.2) is 0 Å². The molecule has 0 atom stereocenters. The van der Waals surface area contributed by atoms with Gasteiger partial charge in [-0.25, -0.2) is 4.98 Å². The molecule has 106 valence electrons. The van der Waals surface area contributed by atoms with Crippen LogP contribution in [0.3, 0.4) is 0 Å². The van der Waals surface area contributed by atoms with Crippen molar-refractivity contribution in [3.63, 3.8) is 0 Å². The summed E-state index contributed by atoms with van der Waals surface area (Å²) < 4.78 is 0. The van der Waals surface area contributed by atoms with E-state index in [0.29, 0.717) is 5.56 Å². The number of pyridine rings is 1. The highest BCUT2D eigenvalue weighted by Gasteiger charge is 2.24. The zero-order chi connectivity index (χ0) is 14.4. The van der Waals surface area contributed by atoms with E-state index in [-0.39, 0.29) is 35.3 Å². The molecule has 19 heavy (non-hydrogen) atoms. The Kier molecular flexibility index (Phi) is 6.55. The van der Waals surface area contributed by atoms with E-state index in [1.54, 1.807) is 4.90 Å². The molecule has 0 aliphatic carbocycles. The molecule has 0 aliphatic heterocycles. The molecule has 1 rings (SSSR count). The van der Waals surface area contributed by atoms with Crippen LogP contribution in [0.25, 0.3) is 0 Å². The minimum Gasteiger partial charge on any atom is -0.395 e. The molecule has 1 aromatic heterocycles. The predicted molar refractivity (Wildman–Crippen MR) is 76.7 cm³/mol. The van der Waals surface area contributed by atoms with Gasteiger partial charge in [-0.3, -0.25) is 4.79 Å². The van der Waals surface area contributed by atoms with Crippen LogP contribution in [0.4, 0.5) is 0 Å². The summed E-state index contributed by atoms with van der Waals surface area (Å²) in [5.74, 6) is -0.225. The Labute approximate surface area is 123 Å². The maximum atomic E-state index is 12.5. The number of aliphatic hydroxyl groups is 1. The smallest absolute Gasteiger partial charge is 0.255 e. The Hall–Kier alpha value is -0.840. The van der Waals surface area contributed by atoms with Gasteiger partial charge >= 0.3 is 0 Å². The number of carbonyl (C=O) groups is 1. The van der Waals surface area contributed by atoms with Gasteiger partial charge in [-0.1, -0.05) is 37.0 Å². The number of halogens is 2. The monoisotopic (exact) mass is 304 g/mol. The van der Waals surface area contributed by atoms with Crippen molar-refractivity contribution in [3.05, 3.63) is 28.0 Å². The second-order valence-corrected chi connectivity index (χ2v) is 4.97. The van der Waals surface area contributed by atoms with Gasteiger partial charge in [0, 0.05) is 18.8 Å². The molecule has 0 aliphatic rings. The fourth-order valence-corrected chi connectivity index (χ4v) is 2.36. The van der Waals surface area contributed by atoms with Crippen molar-refractivity contribution in [2.45, 2.75) is 32.7 Å². The maximum Gasteiger partial charge on any atom is 0.255 e. The number of nitrogens with zero attached hydrogens (tertiary/aromatic N) is 2. The van der Waals surface area contributed by atoms with Gasteiger partial charge < -0.3 is 10.0 Å². The first-order valence-electron chi connectivity index (χ1n) is 6.27. The van der Waals surface area contributed by atoms with Crippen LogP contribution in [0.1, 0.15) is 37.0 Å². The molecule has 0 fully saturated rings. The second kappa shape index (κ2) is 7.68. The van der Waals surface area contributed by atoms with Crippen molar-refractivity contribution in [2.75, 3.05) is 13.2 Å². The molecule has 0 radical (unpaired) electrons. The third-order valence-electron chi connectivity index (χ3n) is 3.04. The van der Waals surface area contributed by atoms with E-state index in [0.717, 1.165) is 12.8 Å². The summed E-state index contributed by atoms with van der Waals surface area (Å²) in [7, 11) is 0. The van der Waals surface area contributed by atoms with Gasteiger partial charge in [-0.05, 0) is 18.9 Å². The van der Waals surface area contributed by atoms with Gasteiger partial charge in [-0.2, -0.15) is 0 Å². The average Bonchev–Trinajstić information content (AvgIpc) is 2.41. The molecule has 0 bridgehead atoms. The Morgan fingerprint density at radius 3 is 2.58 bits per heavy atom. The zero-order valence-corrected chi connectivity index (χ0v) is 12.6. The lowest BCUT2D eigenvalue weighted by Crippen LogP contribution is -2.41. The minimum absolute atomic E-state index is 0.0719. The standard InChI is InChI=1S/C13H18Cl2N2O2/c1-3-9(4-2)17(5-6-18)13(19)10-7-12(15)16-8-11(10)14/h7-9,18H,3-6H2,1-2H3. The van der Waals surface area contributed by atoms with Crippen LogP contribution in [0.15, 0.2) is 12.3 Å². The summed E-state index contributed by atoms with van der Waals surface area (Å²) in [6.45, 7) is 4.21. The van der Waals surface area contributed by atoms with Crippen LogP contribution >= 0.6 is 23.2 Å². The molecule has 1 aromatic rings. The average molecular weight is 305 g/mol. The molecule has 1 amide bonds. The maximum absolute atomic E-state index is 12.5. The van der Waals surface area contributed by atoms with Gasteiger partial charge in [0.1, 0.15) is 5.15 Å². The number of aliphatic hydroxyl groups excluding tert-OH is 1. The molecular weight excluding hydrogens is 287 g/mol. The molecular formula is C13H18Cl2N2O2. The van der Waals surface area contributed by atoms with E-state index in [1.807, 2.05) is 13.8 Å². The van der Waals surface area contributed by atoms with Crippen molar-refractivity contribution in [3.8, 4) is 0 Å². The van der Waals surface area contributed by atoms with E-state index >= 15 is 0 Å². The van der Waals surface area contributed by atoms with Crippen molar-refractivity contribution in [1.82, 2.24) is 9.88 Å². The first-order valence-corrected chi connectivity index (χ1v) is 7.03. The Morgan fingerprint density at radius 1 is 1.42 bits per heavy atom. The van der Waals surface area contributed by atoms with Crippen molar-refractivity contribution in [2.24, 2.45) is 0 Å². The summed E-state index contributed by atoms with van der Waals surface area (Å²) in [6, 6.07) is 1.53. The number of aromatic nitrogens is 1. The second-order valence-electron chi connectivity index (χ2n) is 4.18. The quantitative estimate of drug-likeness (QED) is 0.822. The molecule has 1 heterocycles. The van der Waals surface area contributed by atoms with Crippen LogP contribution in [-0.2, 0) is 0 Å². The van der Waals surface area contributed by atoms with Crippen LogP contribution in [0.2, 0.25) is 10.2 Å². The Bertz CT molecular complexity index is 437. The van der Waals surface area contributed by atoms with E-state index in [2.05, 4.69) is 4.98 Å². The summed E-state index contributed by atoms with van der Waals surface area (Å²) in [4.78, 5) is 18.0. The molecule has 1 N–H and O–H groups in total. The van der Waals surface area contributed by atoms with Crippen molar-refractivity contribution < 1.29 is 9.90 Å². The Morgan fingerprint density at radius 2 is 2.05 bits per heavy atom. The molecule has 0 unspecified atom stereocenters. The molecule has 0 saturated carbocycles. The van der Waals surface area contributed by atoms with Crippen LogP contribution in [0.5, 0.6) is 0 Å². The van der Waals surface area contributed by atoms with E-state index in [4.69, 9.17) is 28.3 Å². The van der Waals surface area contributed by atoms with E-state index in [1.165, 1.54) is 12.3 Å². The van der Waals surface area contributed by atoms with Gasteiger partial charge in [0.05, 0.1) is 17.2 Å². The van der Waals surface area contributed by atoms with Crippen molar-refractivity contribution in [1.29, 1.82) is 0 Å². The number of rotatable bonds is 6. The number of hydrogen-bond donors (Lipinski definition) is 1. The lowest BCUT2D eigenvalue weighted by atomic mass is 10.1. The summed E-state index contributed by atoms with van der Waals surface area (Å²) in [6.07, 6.45) is 3.00. The molecule has 0 saturated heterocycles. The highest BCUT2D eigenvalue weighted by Crippen LogP contribution is 2.22. The van der Waals surface area contributed by atoms with E-state index in [9.17, 15) is 4.79 Å². The fourth-order valence-electron chi connectivity index (χ4n) is 2.02. The van der Waals surface area contributed by atoms with Crippen molar-refractivity contribution >= 4 is 29.1 Å². The van der Waals surface area contributed by atoms with Crippen LogP contribution < -0.4 is 0 Å². The van der Waals surface area contributed by atoms with Gasteiger partial charge in [0.25, 0.3) is 5.91 Å². The third kappa shape index (κ3) is 4.06. The number of hydrogen-bond acceptors (Lipinski definition) is 3. The number of amides is 1. The molecule has 0 spiro atoms. The predicted octanol–water partition coefficient (Wildman–Crippen LogP) is 3.01. The first-order chi connectivity index (χ1) is 9.04. The first kappa shape index (κ1) is 16.2. The molecule has 0 aromatic carbocycles. The largest absolute Gasteiger partial charge is 0.395 e. The highest BCUT2D eigenvalue weighted by atomic mass is 35.5. The number of carbonyl (C=O) groups excluding carboxylic acids is 1. The minimum atomic E-state index is -0.225. The molecule has 4 nitrogen and oxygen atoms in total. The topological polar surface area (TPSA) is 53.4 Å². The summed E-state index contributed by atoms with van der Waals surface area (Å²) >= 11 is 11.8. The van der Waals surface area contributed by atoms with Gasteiger partial charge in [-0.15, -0.1) is 0 Å². The normalized spacial score (nSPS) is 10.8. The molecule has 6 heteroatoms. The lowest BCUT2D eigenvalue weighted by Gasteiger charge is -2.30. The lowest BCUT2D eigenvalue weighted by molar-refractivity contribution is 0.0622. The van der Waals surface area contributed by atoms with Crippen LogP contribution in [-0.4, -0.2) is 40.1 Å². The van der Waals surface area contributed by atoms with Gasteiger partial charge in [0.2, 0.25) is 0 Å². The zero-order valence-electron chi connectivity index (χ0n) is 11.1. The van der Waals surface area contributed by atoms with E-state index < -0.39 is 0 Å². The third-order valence-corrected chi connectivity index (χ3v) is 3.55. The Balaban J connectivity index is 3.08. The fraction of sp³-hybridized carbons (Fsp3) is 0.538. The van der Waals surface area contributed by atoms with Crippen LogP contribution in [0, 0.1) is 0 Å². The SMILES string of the molecule is CCC(CC)N(CCO)C(=O)c1cc(Cl)ncc1Cl.